The highest BCUT2D eigenvalue weighted by Crippen LogP contribution is 2.48. The summed E-state index contributed by atoms with van der Waals surface area (Å²) in [7, 11) is 4.18. The lowest BCUT2D eigenvalue weighted by Crippen LogP contribution is -2.61. The fourth-order valence-corrected chi connectivity index (χ4v) is 12.5. The molecule has 0 aromatic heterocycles. The quantitative estimate of drug-likeness (QED) is 0.194. The largest absolute Gasteiger partial charge is 0.462 e. The molecule has 4 saturated heterocycles. The smallest absolute Gasteiger partial charge is 0.310 e. The second kappa shape index (κ2) is 15.8. The van der Waals surface area contributed by atoms with E-state index < -0.39 is 72.0 Å². The number of nitrogens with one attached hydrogen (secondary N) is 2. The van der Waals surface area contributed by atoms with E-state index in [1.165, 1.54) is 0 Å². The van der Waals surface area contributed by atoms with Crippen LogP contribution < -0.4 is 10.6 Å². The molecule has 4 aliphatic heterocycles. The Morgan fingerprint density at radius 3 is 0.864 bits per heavy atom. The van der Waals surface area contributed by atoms with E-state index in [4.69, 9.17) is 18.9 Å². The Balaban J connectivity index is 1.54. The molecule has 0 radical (unpaired) electrons. The van der Waals surface area contributed by atoms with Crippen LogP contribution in [-0.4, -0.2) is 116 Å². The van der Waals surface area contributed by atoms with E-state index in [-0.39, 0.29) is 50.7 Å². The Morgan fingerprint density at radius 2 is 0.610 bits per heavy atom. The van der Waals surface area contributed by atoms with Gasteiger partial charge in [0.25, 0.3) is 0 Å². The third-order valence-corrected chi connectivity index (χ3v) is 14.9. The highest BCUT2D eigenvalue weighted by molar-refractivity contribution is 5.93. The van der Waals surface area contributed by atoms with Gasteiger partial charge in [-0.05, 0) is 131 Å². The molecular weight excluding hydrogens is 749 g/mol. The summed E-state index contributed by atoms with van der Waals surface area (Å²) in [6.45, 7) is 33.7. The molecule has 5 aliphatic rings. The lowest BCUT2D eigenvalue weighted by Gasteiger charge is -2.53. The molecule has 4 unspecified atom stereocenters. The molecule has 0 bridgehead atoms. The van der Waals surface area contributed by atoms with Gasteiger partial charge in [-0.15, -0.1) is 0 Å². The molecule has 4 heterocycles. The maximum Gasteiger partial charge on any atom is 0.310 e. The Labute approximate surface area is 356 Å². The van der Waals surface area contributed by atoms with Crippen molar-refractivity contribution < 1.29 is 38.1 Å². The predicted octanol–water partition coefficient (Wildman–Crippen LogP) is 6.95. The number of rotatable bonds is 8. The average molecular weight is 831 g/mol. The predicted molar refractivity (Wildman–Crippen MR) is 229 cm³/mol. The van der Waals surface area contributed by atoms with Crippen molar-refractivity contribution in [1.29, 1.82) is 0 Å². The number of carbonyl (C=O) groups excluding carboxylic acids is 4. The van der Waals surface area contributed by atoms with Crippen molar-refractivity contribution in [3.63, 3.8) is 0 Å². The van der Waals surface area contributed by atoms with Crippen molar-refractivity contribution in [2.24, 2.45) is 23.7 Å². The molecule has 0 aromatic carbocycles. The standard InChI is InChI=1S/C47H82N4O8/c1-40(2)20-28(21-41(3,4)48-40)56-36(52)32-19-33(37(53)57-30-24-44(9,10)50(17)45(11,12)25-30)34(38(54)58-29-22-42(5,6)49-43(7,8)23-29)35(32)39(55)59-31-26-46(13,14)51(18)47(15,16)27-31/h28-35,48-49H,19-27H2,1-18H3. The van der Waals surface area contributed by atoms with Crippen LogP contribution in [0.1, 0.15) is 169 Å². The van der Waals surface area contributed by atoms with Crippen molar-refractivity contribution in [2.45, 2.75) is 237 Å². The maximum atomic E-state index is 15.0. The van der Waals surface area contributed by atoms with Gasteiger partial charge in [0.1, 0.15) is 24.4 Å². The number of nitrogens with zero attached hydrogens (tertiary/aromatic N) is 2. The number of ether oxygens (including phenoxy) is 4. The molecule has 5 rings (SSSR count). The van der Waals surface area contributed by atoms with Crippen molar-refractivity contribution in [3.05, 3.63) is 0 Å². The van der Waals surface area contributed by atoms with Crippen molar-refractivity contribution in [2.75, 3.05) is 14.1 Å². The van der Waals surface area contributed by atoms with Gasteiger partial charge in [0.2, 0.25) is 0 Å². The van der Waals surface area contributed by atoms with Crippen LogP contribution in [-0.2, 0) is 38.1 Å². The molecule has 1 saturated carbocycles. The monoisotopic (exact) mass is 831 g/mol. The summed E-state index contributed by atoms with van der Waals surface area (Å²) < 4.78 is 25.6. The van der Waals surface area contributed by atoms with Crippen LogP contribution in [0.25, 0.3) is 0 Å². The molecule has 4 atom stereocenters. The van der Waals surface area contributed by atoms with E-state index in [0.29, 0.717) is 51.4 Å². The molecule has 0 aromatic rings. The van der Waals surface area contributed by atoms with Crippen LogP contribution in [0.4, 0.5) is 0 Å². The van der Waals surface area contributed by atoms with Gasteiger partial charge in [0, 0.05) is 95.7 Å². The first-order chi connectivity index (χ1) is 26.5. The van der Waals surface area contributed by atoms with Gasteiger partial charge >= 0.3 is 23.9 Å². The van der Waals surface area contributed by atoms with Gasteiger partial charge in [-0.25, -0.2) is 0 Å². The fourth-order valence-electron chi connectivity index (χ4n) is 12.5. The SMILES string of the molecule is CN1C(C)(C)CC(OC(=O)C2CC(C(=O)OC3CC(C)(C)NC(C)(C)C3)C(C(=O)OC3CC(C)(C)N(C)C(C)(C)C3)C2C(=O)OC2CC(C)(C)NC(C)(C)C2)CC1(C)C. The van der Waals surface area contributed by atoms with E-state index in [9.17, 15) is 19.2 Å². The third-order valence-electron chi connectivity index (χ3n) is 14.9. The average Bonchev–Trinajstić information content (AvgIpc) is 3.40. The summed E-state index contributed by atoms with van der Waals surface area (Å²) in [5.41, 5.74) is -2.38. The topological polar surface area (TPSA) is 136 Å². The summed E-state index contributed by atoms with van der Waals surface area (Å²) in [6, 6.07) is 0. The van der Waals surface area contributed by atoms with E-state index in [1.807, 2.05) is 0 Å². The zero-order valence-corrected chi connectivity index (χ0v) is 40.1. The lowest BCUT2D eigenvalue weighted by molar-refractivity contribution is -0.181. The summed E-state index contributed by atoms with van der Waals surface area (Å²) >= 11 is 0. The molecule has 1 aliphatic carbocycles. The number of hydrogen-bond donors (Lipinski definition) is 2. The van der Waals surface area contributed by atoms with E-state index in [0.717, 1.165) is 0 Å². The first kappa shape index (κ1) is 47.8. The van der Waals surface area contributed by atoms with Crippen LogP contribution >= 0.6 is 0 Å². The van der Waals surface area contributed by atoms with Gasteiger partial charge in [0.05, 0.1) is 23.7 Å². The summed E-state index contributed by atoms with van der Waals surface area (Å²) in [5, 5.41) is 7.28. The molecule has 12 heteroatoms. The zero-order valence-electron chi connectivity index (χ0n) is 40.1. The molecule has 59 heavy (non-hydrogen) atoms. The first-order valence-corrected chi connectivity index (χ1v) is 22.4. The van der Waals surface area contributed by atoms with Gasteiger partial charge in [-0.3, -0.25) is 29.0 Å². The minimum absolute atomic E-state index is 0.0814. The number of carbonyl (C=O) groups is 4. The van der Waals surface area contributed by atoms with Gasteiger partial charge in [0.15, 0.2) is 0 Å². The molecule has 0 spiro atoms. The summed E-state index contributed by atoms with van der Waals surface area (Å²) in [5.74, 6) is -7.33. The second-order valence-corrected chi connectivity index (χ2v) is 24.5. The number of esters is 4. The molecule has 338 valence electrons. The van der Waals surface area contributed by atoms with Crippen LogP contribution in [0.2, 0.25) is 0 Å². The van der Waals surface area contributed by atoms with Gasteiger partial charge in [-0.1, -0.05) is 0 Å². The summed E-state index contributed by atoms with van der Waals surface area (Å²) in [4.78, 5) is 64.0. The lowest BCUT2D eigenvalue weighted by atomic mass is 9.78. The van der Waals surface area contributed by atoms with Crippen LogP contribution in [0.5, 0.6) is 0 Å². The Morgan fingerprint density at radius 1 is 0.390 bits per heavy atom. The van der Waals surface area contributed by atoms with Gasteiger partial charge < -0.3 is 29.6 Å². The molecule has 5 fully saturated rings. The second-order valence-electron chi connectivity index (χ2n) is 24.5. The first-order valence-electron chi connectivity index (χ1n) is 22.4. The van der Waals surface area contributed by atoms with E-state index >= 15 is 0 Å². The normalized spacial score (nSPS) is 33.1. The van der Waals surface area contributed by atoms with Crippen molar-refractivity contribution >= 4 is 23.9 Å². The van der Waals surface area contributed by atoms with Crippen LogP contribution in [0, 0.1) is 23.7 Å². The Hall–Kier alpha value is -2.28. The fraction of sp³-hybridized carbons (Fsp3) is 0.915. The third kappa shape index (κ3) is 10.9. The summed E-state index contributed by atoms with van der Waals surface area (Å²) in [6.07, 6.45) is 2.70. The zero-order chi connectivity index (χ0) is 44.7. The maximum absolute atomic E-state index is 15.0. The Kier molecular flexibility index (Phi) is 12.8. The minimum Gasteiger partial charge on any atom is -0.462 e. The Bertz CT molecular complexity index is 1550. The number of piperidine rings is 4. The van der Waals surface area contributed by atoms with Crippen LogP contribution in [0.15, 0.2) is 0 Å². The van der Waals surface area contributed by atoms with Gasteiger partial charge in [-0.2, -0.15) is 0 Å². The number of hydrogen-bond acceptors (Lipinski definition) is 12. The van der Waals surface area contributed by atoms with Crippen molar-refractivity contribution in [3.8, 4) is 0 Å². The molecule has 2 N–H and O–H groups in total. The molecular formula is C47H82N4O8. The van der Waals surface area contributed by atoms with E-state index in [2.05, 4.69) is 145 Å². The van der Waals surface area contributed by atoms with E-state index in [1.54, 1.807) is 0 Å². The highest BCUT2D eigenvalue weighted by Gasteiger charge is 2.60. The minimum atomic E-state index is -1.30. The molecule has 12 nitrogen and oxygen atoms in total. The number of likely N-dealkylation sites (tertiary alicyclic amines) is 2. The van der Waals surface area contributed by atoms with Crippen LogP contribution in [0.3, 0.4) is 0 Å². The highest BCUT2D eigenvalue weighted by atomic mass is 16.6. The van der Waals surface area contributed by atoms with Crippen molar-refractivity contribution in [1.82, 2.24) is 20.4 Å². The molecule has 0 amide bonds.